The number of rotatable bonds is 5. The van der Waals surface area contributed by atoms with Gasteiger partial charge in [0.15, 0.2) is 5.11 Å². The van der Waals surface area contributed by atoms with Gasteiger partial charge in [0.05, 0.1) is 31.0 Å². The van der Waals surface area contributed by atoms with Crippen LogP contribution < -0.4 is 14.8 Å². The first kappa shape index (κ1) is 22.0. The Balaban J connectivity index is 1.65. The fraction of sp³-hybridized carbons (Fsp3) is 0.292. The van der Waals surface area contributed by atoms with E-state index in [-0.39, 0.29) is 5.82 Å². The topological polar surface area (TPSA) is 59.5 Å². The van der Waals surface area contributed by atoms with E-state index in [1.54, 1.807) is 45.8 Å². The third-order valence-corrected chi connectivity index (χ3v) is 6.34. The smallest absolute Gasteiger partial charge is 0.173 e. The number of hydrogen-bond donors (Lipinski definition) is 1. The highest BCUT2D eigenvalue weighted by atomic mass is 32.1. The summed E-state index contributed by atoms with van der Waals surface area (Å²) >= 11 is 5.74. The normalized spacial score (nSPS) is 17.8. The Kier molecular flexibility index (Phi) is 6.23. The Bertz CT molecular complexity index is 1130. The molecule has 0 radical (unpaired) electrons. The average Bonchev–Trinajstić information content (AvgIpc) is 3.28. The van der Waals surface area contributed by atoms with Crippen molar-refractivity contribution in [3.05, 3.63) is 77.6 Å². The highest BCUT2D eigenvalue weighted by molar-refractivity contribution is 7.80. The lowest BCUT2D eigenvalue weighted by Crippen LogP contribution is -2.38. The Morgan fingerprint density at radius 1 is 1.16 bits per heavy atom. The molecule has 1 fully saturated rings. The van der Waals surface area contributed by atoms with Gasteiger partial charge in [0.25, 0.3) is 0 Å². The summed E-state index contributed by atoms with van der Waals surface area (Å²) in [6.45, 7) is 2.99. The highest BCUT2D eigenvalue weighted by Gasteiger charge is 2.43. The van der Waals surface area contributed by atoms with Crippen LogP contribution >= 0.6 is 12.2 Å². The van der Waals surface area contributed by atoms with Crippen LogP contribution in [0.1, 0.15) is 23.2 Å². The Hall–Kier alpha value is -3.26. The number of nitrogens with one attached hydrogen (secondary N) is 1. The second kappa shape index (κ2) is 9.08. The van der Waals surface area contributed by atoms with Crippen molar-refractivity contribution in [3.8, 4) is 11.5 Å². The molecule has 0 aliphatic carbocycles. The largest absolute Gasteiger partial charge is 0.497 e. The highest BCUT2D eigenvalue weighted by Crippen LogP contribution is 2.40. The summed E-state index contributed by atoms with van der Waals surface area (Å²) in [5.74, 6) is 1.13. The van der Waals surface area contributed by atoms with Crippen LogP contribution in [0, 0.1) is 12.7 Å². The molecule has 0 saturated carbocycles. The molecule has 3 aromatic rings. The molecule has 1 aliphatic heterocycles. The summed E-state index contributed by atoms with van der Waals surface area (Å²) < 4.78 is 25.3. The maximum atomic E-state index is 14.5. The number of methoxy groups -OCH3 is 2. The third-order valence-electron chi connectivity index (χ3n) is 5.98. The number of aryl methyl sites for hydroxylation is 1. The number of halogens is 1. The molecular formula is C24H25FN4O2S. The van der Waals surface area contributed by atoms with Crippen molar-refractivity contribution in [2.24, 2.45) is 0 Å². The molecule has 6 nitrogen and oxygen atoms in total. The lowest BCUT2D eigenvalue weighted by Gasteiger charge is -2.30. The fourth-order valence-corrected chi connectivity index (χ4v) is 4.38. The van der Waals surface area contributed by atoms with Crippen molar-refractivity contribution in [1.29, 1.82) is 0 Å². The van der Waals surface area contributed by atoms with Gasteiger partial charge in [0.2, 0.25) is 0 Å². The molecule has 0 bridgehead atoms. The first-order valence-corrected chi connectivity index (χ1v) is 10.7. The Morgan fingerprint density at radius 3 is 2.69 bits per heavy atom. The van der Waals surface area contributed by atoms with Gasteiger partial charge in [0, 0.05) is 37.7 Å². The van der Waals surface area contributed by atoms with E-state index < -0.39 is 5.41 Å². The molecule has 32 heavy (non-hydrogen) atoms. The minimum atomic E-state index is -0.521. The van der Waals surface area contributed by atoms with E-state index in [4.69, 9.17) is 21.7 Å². The first-order chi connectivity index (χ1) is 15.5. The van der Waals surface area contributed by atoms with Crippen LogP contribution in [0.5, 0.6) is 11.5 Å². The molecule has 8 heteroatoms. The van der Waals surface area contributed by atoms with Gasteiger partial charge in [-0.3, -0.25) is 9.97 Å². The molecule has 0 spiro atoms. The maximum absolute atomic E-state index is 14.5. The first-order valence-electron chi connectivity index (χ1n) is 10.3. The summed E-state index contributed by atoms with van der Waals surface area (Å²) in [4.78, 5) is 10.9. The standard InChI is InChI=1S/C24H25FN4O2S/c1-16-4-5-17(12-19(16)25)24(22-14-26-9-10-27-22)8-11-29(15-24)23(32)28-20-13-18(30-2)6-7-21(20)31-3/h4-7,9-10,12-14H,8,11,15H2,1-3H3,(H,28,32)/t24-/m0/s1. The van der Waals surface area contributed by atoms with Crippen molar-refractivity contribution >= 4 is 23.0 Å². The summed E-state index contributed by atoms with van der Waals surface area (Å²) in [6.07, 6.45) is 5.79. The molecule has 1 aliphatic rings. The average molecular weight is 453 g/mol. The van der Waals surface area contributed by atoms with E-state index in [9.17, 15) is 4.39 Å². The fourth-order valence-electron chi connectivity index (χ4n) is 4.12. The summed E-state index contributed by atoms with van der Waals surface area (Å²) in [5.41, 5.74) is 2.47. The van der Waals surface area contributed by atoms with Crippen LogP contribution in [0.25, 0.3) is 0 Å². The SMILES string of the molecule is COc1ccc(OC)c(NC(=S)N2CC[C@](c3ccc(C)c(F)c3)(c3cnccn3)C2)c1. The van der Waals surface area contributed by atoms with Gasteiger partial charge >= 0.3 is 0 Å². The minimum absolute atomic E-state index is 0.231. The molecule has 1 atom stereocenters. The summed E-state index contributed by atoms with van der Waals surface area (Å²) in [6, 6.07) is 10.9. The Morgan fingerprint density at radius 2 is 2.00 bits per heavy atom. The number of benzene rings is 2. The molecule has 4 rings (SSSR count). The van der Waals surface area contributed by atoms with E-state index in [0.717, 1.165) is 23.4 Å². The zero-order chi connectivity index (χ0) is 22.7. The van der Waals surface area contributed by atoms with Crippen LogP contribution in [0.15, 0.2) is 55.0 Å². The van der Waals surface area contributed by atoms with Crippen LogP contribution in [0.4, 0.5) is 10.1 Å². The third kappa shape index (κ3) is 4.10. The van der Waals surface area contributed by atoms with Crippen molar-refractivity contribution < 1.29 is 13.9 Å². The zero-order valence-electron chi connectivity index (χ0n) is 18.3. The molecule has 1 saturated heterocycles. The number of ether oxygens (including phenoxy) is 2. The second-order valence-corrected chi connectivity index (χ2v) is 8.19. The van der Waals surface area contributed by atoms with Crippen LogP contribution in [0.2, 0.25) is 0 Å². The van der Waals surface area contributed by atoms with Crippen molar-refractivity contribution in [2.75, 3.05) is 32.6 Å². The molecule has 0 amide bonds. The second-order valence-electron chi connectivity index (χ2n) is 7.80. The summed E-state index contributed by atoms with van der Waals surface area (Å²) in [5, 5.41) is 3.83. The van der Waals surface area contributed by atoms with E-state index in [0.29, 0.717) is 35.3 Å². The lowest BCUT2D eigenvalue weighted by atomic mass is 9.76. The van der Waals surface area contributed by atoms with Crippen LogP contribution in [0.3, 0.4) is 0 Å². The number of anilines is 1. The van der Waals surface area contributed by atoms with Gasteiger partial charge in [-0.2, -0.15) is 0 Å². The lowest BCUT2D eigenvalue weighted by molar-refractivity contribution is 0.404. The molecule has 1 N–H and O–H groups in total. The maximum Gasteiger partial charge on any atom is 0.173 e. The number of aromatic nitrogens is 2. The van der Waals surface area contributed by atoms with Crippen LogP contribution in [-0.4, -0.2) is 47.3 Å². The number of nitrogens with zero attached hydrogens (tertiary/aromatic N) is 3. The predicted octanol–water partition coefficient (Wildman–Crippen LogP) is 4.33. The van der Waals surface area contributed by atoms with Gasteiger partial charge in [0.1, 0.15) is 17.3 Å². The van der Waals surface area contributed by atoms with E-state index in [1.807, 2.05) is 30.3 Å². The molecule has 166 valence electrons. The molecular weight excluding hydrogens is 427 g/mol. The molecule has 1 aromatic heterocycles. The quantitative estimate of drug-likeness (QED) is 0.578. The van der Waals surface area contributed by atoms with Gasteiger partial charge in [-0.25, -0.2) is 4.39 Å². The Labute approximate surface area is 192 Å². The van der Waals surface area contributed by atoms with E-state index in [2.05, 4.69) is 20.2 Å². The molecule has 2 aromatic carbocycles. The summed E-state index contributed by atoms with van der Waals surface area (Å²) in [7, 11) is 3.22. The number of hydrogen-bond acceptors (Lipinski definition) is 5. The molecule has 0 unspecified atom stereocenters. The van der Waals surface area contributed by atoms with E-state index in [1.165, 1.54) is 0 Å². The number of likely N-dealkylation sites (tertiary alicyclic amines) is 1. The van der Waals surface area contributed by atoms with Crippen LogP contribution in [-0.2, 0) is 5.41 Å². The van der Waals surface area contributed by atoms with E-state index >= 15 is 0 Å². The van der Waals surface area contributed by atoms with Crippen molar-refractivity contribution in [3.63, 3.8) is 0 Å². The van der Waals surface area contributed by atoms with Gasteiger partial charge < -0.3 is 19.7 Å². The van der Waals surface area contributed by atoms with Crippen molar-refractivity contribution in [1.82, 2.24) is 14.9 Å². The number of thiocarbonyl (C=S) groups is 1. The van der Waals surface area contributed by atoms with Crippen molar-refractivity contribution in [2.45, 2.75) is 18.8 Å². The molecule has 2 heterocycles. The predicted molar refractivity (Wildman–Crippen MR) is 126 cm³/mol. The monoisotopic (exact) mass is 452 g/mol. The minimum Gasteiger partial charge on any atom is -0.497 e. The van der Waals surface area contributed by atoms with Gasteiger partial charge in [-0.1, -0.05) is 12.1 Å². The van der Waals surface area contributed by atoms with Gasteiger partial charge in [-0.15, -0.1) is 0 Å². The zero-order valence-corrected chi connectivity index (χ0v) is 19.1. The van der Waals surface area contributed by atoms with Gasteiger partial charge in [-0.05, 0) is 54.9 Å².